The van der Waals surface area contributed by atoms with Crippen molar-refractivity contribution in [3.05, 3.63) is 23.9 Å². The lowest BCUT2D eigenvalue weighted by Gasteiger charge is -2.38. The zero-order valence-corrected chi connectivity index (χ0v) is 14.0. The maximum absolute atomic E-state index is 12.3. The van der Waals surface area contributed by atoms with Gasteiger partial charge in [0, 0.05) is 44.2 Å². The Morgan fingerprint density at radius 3 is 2.78 bits per heavy atom. The molecule has 1 amide bonds. The topological polar surface area (TPSA) is 75.3 Å². The summed E-state index contributed by atoms with van der Waals surface area (Å²) in [5.74, 6) is 1.49. The summed E-state index contributed by atoms with van der Waals surface area (Å²) < 4.78 is 0. The minimum atomic E-state index is 0.128. The number of nitrogen functional groups attached to an aromatic ring is 1. The molecule has 0 unspecified atom stereocenters. The lowest BCUT2D eigenvalue weighted by molar-refractivity contribution is -0.127. The molecule has 0 saturated carbocycles. The van der Waals surface area contributed by atoms with Crippen molar-refractivity contribution >= 4 is 17.7 Å². The molecule has 1 aromatic heterocycles. The number of anilines is 2. The number of allylic oxidation sites excluding steroid dienone is 1. The zero-order valence-electron chi connectivity index (χ0n) is 14.0. The number of piperidine rings is 1. The molecule has 0 aliphatic carbocycles. The quantitative estimate of drug-likeness (QED) is 0.862. The van der Waals surface area contributed by atoms with Gasteiger partial charge in [-0.2, -0.15) is 4.98 Å². The van der Waals surface area contributed by atoms with Crippen LogP contribution >= 0.6 is 0 Å². The van der Waals surface area contributed by atoms with E-state index >= 15 is 0 Å². The Labute approximate surface area is 137 Å². The summed E-state index contributed by atoms with van der Waals surface area (Å²) in [7, 11) is 0. The monoisotopic (exact) mass is 315 g/mol. The van der Waals surface area contributed by atoms with Crippen LogP contribution in [0.2, 0.25) is 0 Å². The SMILES string of the molecule is CC(C)=CCN1CC2(CCN(c3nccc(N)n3)CC2)CC1=O. The van der Waals surface area contributed by atoms with Gasteiger partial charge in [-0.05, 0) is 32.8 Å². The van der Waals surface area contributed by atoms with Crippen molar-refractivity contribution in [2.75, 3.05) is 36.8 Å². The summed E-state index contributed by atoms with van der Waals surface area (Å²) in [6.07, 6.45) is 6.51. The van der Waals surface area contributed by atoms with Crippen LogP contribution in [0.4, 0.5) is 11.8 Å². The van der Waals surface area contributed by atoms with Crippen LogP contribution in [0.3, 0.4) is 0 Å². The second kappa shape index (κ2) is 6.18. The van der Waals surface area contributed by atoms with E-state index in [0.717, 1.165) is 39.0 Å². The molecule has 1 spiro atoms. The van der Waals surface area contributed by atoms with Crippen molar-refractivity contribution in [3.63, 3.8) is 0 Å². The molecule has 2 N–H and O–H groups in total. The summed E-state index contributed by atoms with van der Waals surface area (Å²) in [5.41, 5.74) is 7.13. The van der Waals surface area contributed by atoms with Crippen LogP contribution < -0.4 is 10.6 Å². The van der Waals surface area contributed by atoms with Gasteiger partial charge in [0.15, 0.2) is 0 Å². The largest absolute Gasteiger partial charge is 0.384 e. The van der Waals surface area contributed by atoms with Crippen molar-refractivity contribution < 1.29 is 4.79 Å². The van der Waals surface area contributed by atoms with E-state index in [2.05, 4.69) is 34.8 Å². The van der Waals surface area contributed by atoms with Crippen LogP contribution in [0.5, 0.6) is 0 Å². The molecule has 0 aromatic carbocycles. The van der Waals surface area contributed by atoms with Crippen LogP contribution in [0.25, 0.3) is 0 Å². The van der Waals surface area contributed by atoms with E-state index in [1.54, 1.807) is 12.3 Å². The van der Waals surface area contributed by atoms with Gasteiger partial charge in [-0.15, -0.1) is 0 Å². The highest BCUT2D eigenvalue weighted by Crippen LogP contribution is 2.41. The molecule has 0 atom stereocenters. The molecule has 1 aromatic rings. The molecule has 3 rings (SSSR count). The standard InChI is InChI=1S/C17H25N5O/c1-13(2)4-8-22-12-17(11-15(22)23)5-9-21(10-6-17)16-19-7-3-14(18)20-16/h3-4,7H,5-6,8-12H2,1-2H3,(H2,18,19,20). The maximum Gasteiger partial charge on any atom is 0.227 e. The summed E-state index contributed by atoms with van der Waals surface area (Å²) >= 11 is 0. The van der Waals surface area contributed by atoms with Crippen molar-refractivity contribution in [2.24, 2.45) is 5.41 Å². The third kappa shape index (κ3) is 3.46. The number of carbonyl (C=O) groups is 1. The van der Waals surface area contributed by atoms with E-state index in [4.69, 9.17) is 5.73 Å². The van der Waals surface area contributed by atoms with E-state index in [9.17, 15) is 4.79 Å². The molecule has 2 fully saturated rings. The van der Waals surface area contributed by atoms with Crippen LogP contribution in [-0.4, -0.2) is 47.0 Å². The first kappa shape index (κ1) is 15.8. The minimum Gasteiger partial charge on any atom is -0.384 e. The fourth-order valence-electron chi connectivity index (χ4n) is 3.47. The first-order valence-corrected chi connectivity index (χ1v) is 8.22. The second-order valence-electron chi connectivity index (χ2n) is 7.00. The van der Waals surface area contributed by atoms with Crippen LogP contribution in [-0.2, 0) is 4.79 Å². The van der Waals surface area contributed by atoms with E-state index < -0.39 is 0 Å². The third-order valence-corrected chi connectivity index (χ3v) is 4.90. The van der Waals surface area contributed by atoms with Gasteiger partial charge in [0.1, 0.15) is 5.82 Å². The highest BCUT2D eigenvalue weighted by Gasteiger charge is 2.44. The number of carbonyl (C=O) groups excluding carboxylic acids is 1. The van der Waals surface area contributed by atoms with Crippen molar-refractivity contribution in [1.29, 1.82) is 0 Å². The molecule has 6 heteroatoms. The number of hydrogen-bond acceptors (Lipinski definition) is 5. The highest BCUT2D eigenvalue weighted by molar-refractivity contribution is 5.79. The van der Waals surface area contributed by atoms with Crippen LogP contribution in [0.1, 0.15) is 33.1 Å². The minimum absolute atomic E-state index is 0.128. The molecular weight excluding hydrogens is 290 g/mol. The maximum atomic E-state index is 12.3. The molecule has 2 aliphatic rings. The molecule has 124 valence electrons. The Bertz CT molecular complexity index is 615. The number of aromatic nitrogens is 2. The molecule has 3 heterocycles. The first-order valence-electron chi connectivity index (χ1n) is 8.22. The van der Waals surface area contributed by atoms with Gasteiger partial charge in [0.05, 0.1) is 0 Å². The van der Waals surface area contributed by atoms with Crippen LogP contribution in [0.15, 0.2) is 23.9 Å². The fraction of sp³-hybridized carbons (Fsp3) is 0.588. The fourth-order valence-corrected chi connectivity index (χ4v) is 3.47. The van der Waals surface area contributed by atoms with Gasteiger partial charge in [0.25, 0.3) is 0 Å². The Hall–Kier alpha value is -2.11. The third-order valence-electron chi connectivity index (χ3n) is 4.90. The number of amides is 1. The number of nitrogens with zero attached hydrogens (tertiary/aromatic N) is 4. The van der Waals surface area contributed by atoms with E-state index in [1.165, 1.54) is 5.57 Å². The molecule has 23 heavy (non-hydrogen) atoms. The van der Waals surface area contributed by atoms with Crippen LogP contribution in [0, 0.1) is 5.41 Å². The predicted octanol–water partition coefficient (Wildman–Crippen LogP) is 1.84. The summed E-state index contributed by atoms with van der Waals surface area (Å²) in [5, 5.41) is 0. The first-order chi connectivity index (χ1) is 11.0. The molecule has 0 radical (unpaired) electrons. The number of rotatable bonds is 3. The zero-order chi connectivity index (χ0) is 16.4. The average molecular weight is 315 g/mol. The lowest BCUT2D eigenvalue weighted by Crippen LogP contribution is -2.42. The highest BCUT2D eigenvalue weighted by atomic mass is 16.2. The number of hydrogen-bond donors (Lipinski definition) is 1. The normalized spacial score (nSPS) is 20.2. The Kier molecular flexibility index (Phi) is 4.24. The predicted molar refractivity (Wildman–Crippen MR) is 91.0 cm³/mol. The van der Waals surface area contributed by atoms with E-state index in [0.29, 0.717) is 18.2 Å². The van der Waals surface area contributed by atoms with Gasteiger partial charge >= 0.3 is 0 Å². The van der Waals surface area contributed by atoms with Crippen molar-refractivity contribution in [1.82, 2.24) is 14.9 Å². The smallest absolute Gasteiger partial charge is 0.227 e. The van der Waals surface area contributed by atoms with Gasteiger partial charge < -0.3 is 15.5 Å². The van der Waals surface area contributed by atoms with Crippen molar-refractivity contribution in [3.8, 4) is 0 Å². The number of nitrogens with two attached hydrogens (primary N) is 1. The van der Waals surface area contributed by atoms with Crippen molar-refractivity contribution in [2.45, 2.75) is 33.1 Å². The summed E-state index contributed by atoms with van der Waals surface area (Å²) in [6, 6.07) is 1.70. The molecular formula is C17H25N5O. The van der Waals surface area contributed by atoms with E-state index in [-0.39, 0.29) is 11.3 Å². The Morgan fingerprint density at radius 2 is 2.13 bits per heavy atom. The Morgan fingerprint density at radius 1 is 1.39 bits per heavy atom. The Balaban J connectivity index is 1.62. The average Bonchev–Trinajstić information content (AvgIpc) is 2.81. The summed E-state index contributed by atoms with van der Waals surface area (Å²) in [4.78, 5) is 25.1. The summed E-state index contributed by atoms with van der Waals surface area (Å²) in [6.45, 7) is 7.52. The van der Waals surface area contributed by atoms with Gasteiger partial charge in [-0.25, -0.2) is 4.98 Å². The molecule has 0 bridgehead atoms. The number of likely N-dealkylation sites (tertiary alicyclic amines) is 1. The molecule has 6 nitrogen and oxygen atoms in total. The molecule has 2 aliphatic heterocycles. The molecule has 2 saturated heterocycles. The van der Waals surface area contributed by atoms with Gasteiger partial charge in [0.2, 0.25) is 11.9 Å². The van der Waals surface area contributed by atoms with Gasteiger partial charge in [-0.1, -0.05) is 11.6 Å². The van der Waals surface area contributed by atoms with E-state index in [1.807, 2.05) is 4.90 Å². The second-order valence-corrected chi connectivity index (χ2v) is 7.00. The van der Waals surface area contributed by atoms with Gasteiger partial charge in [-0.3, -0.25) is 4.79 Å². The lowest BCUT2D eigenvalue weighted by atomic mass is 9.77.